The molecular weight excluding hydrogens is 150 g/mol. The summed E-state index contributed by atoms with van der Waals surface area (Å²) in [6, 6.07) is 1.47. The minimum absolute atomic E-state index is 0.716. The van der Waals surface area contributed by atoms with Gasteiger partial charge in [0, 0.05) is 25.3 Å². The molecule has 2 heteroatoms. The normalized spacial score (nSPS) is 23.0. The van der Waals surface area contributed by atoms with Crippen molar-refractivity contribution < 1.29 is 4.74 Å². The molecule has 0 unspecified atom stereocenters. The lowest BCUT2D eigenvalue weighted by molar-refractivity contribution is 0.0306. The average Bonchev–Trinajstić information content (AvgIpc) is 2.17. The first-order valence-corrected chi connectivity index (χ1v) is 5.05. The molecule has 0 amide bonds. The molecule has 0 aromatic rings. The number of hydrogen-bond donors (Lipinski definition) is 0. The molecule has 1 heterocycles. The van der Waals surface area contributed by atoms with Crippen LogP contribution in [-0.4, -0.2) is 37.2 Å². The van der Waals surface area contributed by atoms with E-state index in [1.807, 2.05) is 0 Å². The van der Waals surface area contributed by atoms with Crippen LogP contribution in [0, 0.1) is 0 Å². The van der Waals surface area contributed by atoms with Crippen molar-refractivity contribution in [1.29, 1.82) is 0 Å². The third-order valence-electron chi connectivity index (χ3n) is 3.05. The molecule has 1 fully saturated rings. The summed E-state index contributed by atoms with van der Waals surface area (Å²) in [5.41, 5.74) is 0. The summed E-state index contributed by atoms with van der Waals surface area (Å²) in [7, 11) is 2.24. The first kappa shape index (κ1) is 10.0. The van der Waals surface area contributed by atoms with E-state index in [1.165, 1.54) is 19.3 Å². The summed E-state index contributed by atoms with van der Waals surface area (Å²) in [4.78, 5) is 2.50. The highest BCUT2D eigenvalue weighted by atomic mass is 16.5. The van der Waals surface area contributed by atoms with Crippen LogP contribution in [0.3, 0.4) is 0 Å². The van der Waals surface area contributed by atoms with Crippen molar-refractivity contribution in [3.8, 4) is 0 Å². The molecule has 0 radical (unpaired) electrons. The molecule has 72 valence electrons. The van der Waals surface area contributed by atoms with Gasteiger partial charge < -0.3 is 9.64 Å². The lowest BCUT2D eigenvalue weighted by atomic mass is 10.1. The Morgan fingerprint density at radius 3 is 2.50 bits per heavy atom. The zero-order chi connectivity index (χ0) is 8.97. The lowest BCUT2D eigenvalue weighted by Gasteiger charge is -2.35. The van der Waals surface area contributed by atoms with Crippen molar-refractivity contribution in [2.45, 2.75) is 45.2 Å². The monoisotopic (exact) mass is 171 g/mol. The van der Waals surface area contributed by atoms with Gasteiger partial charge in [-0.15, -0.1) is 0 Å². The van der Waals surface area contributed by atoms with Gasteiger partial charge in [-0.3, -0.25) is 0 Å². The summed E-state index contributed by atoms with van der Waals surface area (Å²) < 4.78 is 5.34. The molecule has 0 aromatic carbocycles. The van der Waals surface area contributed by atoms with Gasteiger partial charge in [0.15, 0.2) is 0 Å². The van der Waals surface area contributed by atoms with Gasteiger partial charge >= 0.3 is 0 Å². The van der Waals surface area contributed by atoms with Gasteiger partial charge in [-0.1, -0.05) is 6.92 Å². The standard InChI is InChI=1S/C10H21NO/c1-4-9(2)11(3)10-5-7-12-8-6-10/h9-10H,4-8H2,1-3H3/t9-/m0/s1. The smallest absolute Gasteiger partial charge is 0.0480 e. The van der Waals surface area contributed by atoms with Crippen molar-refractivity contribution in [2.24, 2.45) is 0 Å². The predicted molar refractivity (Wildman–Crippen MR) is 51.4 cm³/mol. The van der Waals surface area contributed by atoms with Crippen LogP contribution in [-0.2, 0) is 4.74 Å². The highest BCUT2D eigenvalue weighted by Gasteiger charge is 2.20. The van der Waals surface area contributed by atoms with Crippen LogP contribution in [0.15, 0.2) is 0 Å². The van der Waals surface area contributed by atoms with E-state index in [4.69, 9.17) is 4.74 Å². The molecule has 0 spiro atoms. The SMILES string of the molecule is CC[C@H](C)N(C)C1CCOCC1. The van der Waals surface area contributed by atoms with Crippen molar-refractivity contribution in [3.63, 3.8) is 0 Å². The second-order valence-electron chi connectivity index (χ2n) is 3.77. The second-order valence-corrected chi connectivity index (χ2v) is 3.77. The topological polar surface area (TPSA) is 12.5 Å². The molecule has 1 aliphatic heterocycles. The predicted octanol–water partition coefficient (Wildman–Crippen LogP) is 1.90. The lowest BCUT2D eigenvalue weighted by Crippen LogP contribution is -2.41. The summed E-state index contributed by atoms with van der Waals surface area (Å²) in [5, 5.41) is 0. The largest absolute Gasteiger partial charge is 0.381 e. The fraction of sp³-hybridized carbons (Fsp3) is 1.00. The summed E-state index contributed by atoms with van der Waals surface area (Å²) >= 11 is 0. The third kappa shape index (κ3) is 2.46. The molecule has 1 aliphatic rings. The maximum atomic E-state index is 5.34. The maximum Gasteiger partial charge on any atom is 0.0480 e. The Bertz CT molecular complexity index is 121. The number of hydrogen-bond acceptors (Lipinski definition) is 2. The van der Waals surface area contributed by atoms with Crippen LogP contribution in [0.1, 0.15) is 33.1 Å². The second kappa shape index (κ2) is 4.83. The number of rotatable bonds is 3. The molecule has 1 atom stereocenters. The van der Waals surface area contributed by atoms with Crippen LogP contribution in [0.5, 0.6) is 0 Å². The average molecular weight is 171 g/mol. The van der Waals surface area contributed by atoms with Crippen molar-refractivity contribution in [1.82, 2.24) is 4.90 Å². The van der Waals surface area contributed by atoms with Crippen LogP contribution in [0.4, 0.5) is 0 Å². The first-order valence-electron chi connectivity index (χ1n) is 5.05. The Labute approximate surface area is 75.9 Å². The Kier molecular flexibility index (Phi) is 4.02. The van der Waals surface area contributed by atoms with Gasteiger partial charge in [0.25, 0.3) is 0 Å². The van der Waals surface area contributed by atoms with E-state index in [0.29, 0.717) is 6.04 Å². The van der Waals surface area contributed by atoms with Gasteiger partial charge in [-0.2, -0.15) is 0 Å². The zero-order valence-electron chi connectivity index (χ0n) is 8.55. The first-order chi connectivity index (χ1) is 5.75. The van der Waals surface area contributed by atoms with E-state index in [1.54, 1.807) is 0 Å². The summed E-state index contributed by atoms with van der Waals surface area (Å²) in [6.07, 6.45) is 3.66. The van der Waals surface area contributed by atoms with Crippen LogP contribution >= 0.6 is 0 Å². The molecule has 12 heavy (non-hydrogen) atoms. The highest BCUT2D eigenvalue weighted by molar-refractivity contribution is 4.75. The van der Waals surface area contributed by atoms with Crippen LogP contribution < -0.4 is 0 Å². The Morgan fingerprint density at radius 2 is 2.00 bits per heavy atom. The van der Waals surface area contributed by atoms with E-state index in [9.17, 15) is 0 Å². The summed E-state index contributed by atoms with van der Waals surface area (Å²) in [5.74, 6) is 0. The van der Waals surface area contributed by atoms with E-state index in [0.717, 1.165) is 19.3 Å². The van der Waals surface area contributed by atoms with Gasteiger partial charge in [-0.25, -0.2) is 0 Å². The van der Waals surface area contributed by atoms with Crippen LogP contribution in [0.25, 0.3) is 0 Å². The molecule has 0 aromatic heterocycles. The van der Waals surface area contributed by atoms with Gasteiger partial charge in [-0.05, 0) is 33.2 Å². The molecule has 0 bridgehead atoms. The Hall–Kier alpha value is -0.0800. The molecule has 2 nitrogen and oxygen atoms in total. The van der Waals surface area contributed by atoms with Crippen molar-refractivity contribution in [2.75, 3.05) is 20.3 Å². The summed E-state index contributed by atoms with van der Waals surface area (Å²) in [6.45, 7) is 6.45. The van der Waals surface area contributed by atoms with E-state index >= 15 is 0 Å². The minimum Gasteiger partial charge on any atom is -0.381 e. The molecule has 1 saturated heterocycles. The molecule has 0 saturated carbocycles. The zero-order valence-corrected chi connectivity index (χ0v) is 8.55. The number of ether oxygens (including phenoxy) is 1. The molecule has 0 aliphatic carbocycles. The quantitative estimate of drug-likeness (QED) is 0.643. The number of nitrogens with zero attached hydrogens (tertiary/aromatic N) is 1. The van der Waals surface area contributed by atoms with Crippen molar-refractivity contribution >= 4 is 0 Å². The van der Waals surface area contributed by atoms with E-state index in [-0.39, 0.29) is 0 Å². The van der Waals surface area contributed by atoms with Gasteiger partial charge in [0.1, 0.15) is 0 Å². The van der Waals surface area contributed by atoms with E-state index < -0.39 is 0 Å². The van der Waals surface area contributed by atoms with Crippen LogP contribution in [0.2, 0.25) is 0 Å². The fourth-order valence-corrected chi connectivity index (χ4v) is 1.74. The fourth-order valence-electron chi connectivity index (χ4n) is 1.74. The highest BCUT2D eigenvalue weighted by Crippen LogP contribution is 2.16. The maximum absolute atomic E-state index is 5.34. The Morgan fingerprint density at radius 1 is 1.42 bits per heavy atom. The van der Waals surface area contributed by atoms with Gasteiger partial charge in [0.2, 0.25) is 0 Å². The molecular formula is C10H21NO. The van der Waals surface area contributed by atoms with Crippen molar-refractivity contribution in [3.05, 3.63) is 0 Å². The Balaban J connectivity index is 2.33. The molecule has 1 rings (SSSR count). The third-order valence-corrected chi connectivity index (χ3v) is 3.05. The van der Waals surface area contributed by atoms with E-state index in [2.05, 4.69) is 25.8 Å². The van der Waals surface area contributed by atoms with Gasteiger partial charge in [0.05, 0.1) is 0 Å². The molecule has 0 N–H and O–H groups in total. The minimum atomic E-state index is 0.716.